The highest BCUT2D eigenvalue weighted by Gasteiger charge is 2.14. The van der Waals surface area contributed by atoms with Gasteiger partial charge in [0.15, 0.2) is 0 Å². The molecular formula is C26H38O13. The van der Waals surface area contributed by atoms with E-state index in [2.05, 4.69) is 0 Å². The highest BCUT2D eigenvalue weighted by Crippen LogP contribution is 2.00. The van der Waals surface area contributed by atoms with Crippen molar-refractivity contribution in [3.05, 3.63) is 35.9 Å². The minimum absolute atomic E-state index is 0.0101. The lowest BCUT2D eigenvalue weighted by Gasteiger charge is -2.09. The molecule has 0 unspecified atom stereocenters. The van der Waals surface area contributed by atoms with Gasteiger partial charge in [0.05, 0.1) is 91.3 Å². The van der Waals surface area contributed by atoms with Crippen molar-refractivity contribution < 1.29 is 62.2 Å². The van der Waals surface area contributed by atoms with E-state index in [0.717, 1.165) is 0 Å². The van der Waals surface area contributed by atoms with Crippen molar-refractivity contribution in [3.8, 4) is 0 Å². The summed E-state index contributed by atoms with van der Waals surface area (Å²) in [6, 6.07) is 8.77. The first-order valence-corrected chi connectivity index (χ1v) is 12.6. The van der Waals surface area contributed by atoms with Crippen molar-refractivity contribution in [1.29, 1.82) is 0 Å². The topological polar surface area (TPSA) is 162 Å². The van der Waals surface area contributed by atoms with Crippen LogP contribution in [0.4, 0.5) is 0 Å². The summed E-state index contributed by atoms with van der Waals surface area (Å²) < 4.78 is 42.0. The molecule has 39 heavy (non-hydrogen) atoms. The van der Waals surface area contributed by atoms with Gasteiger partial charge in [-0.1, -0.05) is 18.2 Å². The van der Waals surface area contributed by atoms with Crippen LogP contribution in [0.25, 0.3) is 0 Å². The molecule has 0 spiro atoms. The highest BCUT2D eigenvalue weighted by atomic mass is 16.6. The van der Waals surface area contributed by atoms with Crippen LogP contribution in [0.3, 0.4) is 0 Å². The fraction of sp³-hybridized carbons (Fsp3) is 0.615. The van der Waals surface area contributed by atoms with E-state index in [0.29, 0.717) is 78.2 Å². The number of ether oxygens (including phenoxy) is 8. The molecule has 220 valence electrons. The van der Waals surface area contributed by atoms with Crippen molar-refractivity contribution in [2.24, 2.45) is 0 Å². The first-order valence-electron chi connectivity index (χ1n) is 12.6. The number of rotatable bonds is 26. The average Bonchev–Trinajstić information content (AvgIpc) is 2.94. The molecular weight excluding hydrogens is 520 g/mol. The second-order valence-corrected chi connectivity index (χ2v) is 7.62. The SMILES string of the molecule is O=C(CCC(=O)C(=O)O)OCCOCCOCCOCCOCCOCCOCCOC(=O)c1ccccc1. The summed E-state index contributed by atoms with van der Waals surface area (Å²) in [4.78, 5) is 44.3. The van der Waals surface area contributed by atoms with E-state index in [9.17, 15) is 19.2 Å². The van der Waals surface area contributed by atoms with Crippen LogP contribution in [0.1, 0.15) is 23.2 Å². The predicted molar refractivity (Wildman–Crippen MR) is 134 cm³/mol. The Kier molecular flexibility index (Phi) is 21.1. The molecule has 1 aromatic carbocycles. The van der Waals surface area contributed by atoms with Gasteiger partial charge in [-0.3, -0.25) is 9.59 Å². The molecule has 0 atom stereocenters. The third-order valence-electron chi connectivity index (χ3n) is 4.62. The first-order chi connectivity index (χ1) is 19.0. The molecule has 0 aliphatic rings. The summed E-state index contributed by atoms with van der Waals surface area (Å²) in [6.07, 6.45) is -0.665. The molecule has 0 bridgehead atoms. The minimum atomic E-state index is -1.57. The number of hydrogen-bond acceptors (Lipinski definition) is 12. The van der Waals surface area contributed by atoms with Crippen molar-refractivity contribution >= 4 is 23.7 Å². The normalized spacial score (nSPS) is 10.8. The van der Waals surface area contributed by atoms with E-state index in [-0.39, 0.29) is 38.6 Å². The minimum Gasteiger partial charge on any atom is -0.476 e. The maximum absolute atomic E-state index is 11.7. The van der Waals surface area contributed by atoms with Crippen LogP contribution in [-0.2, 0) is 52.3 Å². The first kappa shape index (κ1) is 34.1. The van der Waals surface area contributed by atoms with Gasteiger partial charge in [-0.2, -0.15) is 0 Å². The number of ketones is 1. The van der Waals surface area contributed by atoms with Crippen molar-refractivity contribution in [3.63, 3.8) is 0 Å². The Morgan fingerprint density at radius 2 is 0.897 bits per heavy atom. The summed E-state index contributed by atoms with van der Waals surface area (Å²) in [6.45, 7) is 4.63. The van der Waals surface area contributed by atoms with Gasteiger partial charge in [-0.15, -0.1) is 0 Å². The summed E-state index contributed by atoms with van der Waals surface area (Å²) in [5, 5.41) is 8.42. The number of aliphatic carboxylic acids is 1. The molecule has 0 aliphatic carbocycles. The zero-order chi connectivity index (χ0) is 28.4. The Bertz CT molecular complexity index is 800. The van der Waals surface area contributed by atoms with E-state index >= 15 is 0 Å². The van der Waals surface area contributed by atoms with Gasteiger partial charge in [0, 0.05) is 6.42 Å². The van der Waals surface area contributed by atoms with Crippen LogP contribution in [0.5, 0.6) is 0 Å². The number of hydrogen-bond donors (Lipinski definition) is 1. The summed E-state index contributed by atoms with van der Waals surface area (Å²) in [7, 11) is 0. The van der Waals surface area contributed by atoms with Crippen molar-refractivity contribution in [1.82, 2.24) is 0 Å². The Labute approximate surface area is 227 Å². The molecule has 0 fully saturated rings. The summed E-state index contributed by atoms with van der Waals surface area (Å²) >= 11 is 0. The fourth-order valence-electron chi connectivity index (χ4n) is 2.66. The van der Waals surface area contributed by atoms with Crippen LogP contribution >= 0.6 is 0 Å². The molecule has 0 radical (unpaired) electrons. The maximum Gasteiger partial charge on any atom is 0.372 e. The number of Topliss-reactive ketones (excluding diaryl/α,β-unsaturated/α-hetero) is 1. The fourth-order valence-corrected chi connectivity index (χ4v) is 2.66. The molecule has 13 heteroatoms. The number of carboxylic acids is 1. The van der Waals surface area contributed by atoms with E-state index < -0.39 is 17.7 Å². The molecule has 1 N–H and O–H groups in total. The van der Waals surface area contributed by atoms with E-state index in [1.165, 1.54) is 0 Å². The summed E-state index contributed by atoms with van der Waals surface area (Å²) in [5.74, 6) is -3.62. The van der Waals surface area contributed by atoms with E-state index in [1.54, 1.807) is 24.3 Å². The van der Waals surface area contributed by atoms with Gasteiger partial charge in [0.2, 0.25) is 5.78 Å². The lowest BCUT2D eigenvalue weighted by Crippen LogP contribution is -2.17. The second kappa shape index (κ2) is 24.1. The third kappa shape index (κ3) is 20.7. The Hall–Kier alpha value is -2.94. The van der Waals surface area contributed by atoms with Crippen LogP contribution in [0, 0.1) is 0 Å². The van der Waals surface area contributed by atoms with E-state index in [1.807, 2.05) is 6.07 Å². The van der Waals surface area contributed by atoms with Gasteiger partial charge in [-0.05, 0) is 12.1 Å². The Morgan fingerprint density at radius 1 is 0.513 bits per heavy atom. The molecule has 0 saturated heterocycles. The average molecular weight is 559 g/mol. The molecule has 0 aromatic heterocycles. The Balaban J connectivity index is 1.72. The summed E-state index contributed by atoms with van der Waals surface area (Å²) in [5.41, 5.74) is 0.508. The van der Waals surface area contributed by atoms with Gasteiger partial charge in [0.25, 0.3) is 0 Å². The largest absolute Gasteiger partial charge is 0.476 e. The monoisotopic (exact) mass is 558 g/mol. The molecule has 1 rings (SSSR count). The molecule has 0 aliphatic heterocycles. The van der Waals surface area contributed by atoms with Crippen LogP contribution in [0.2, 0.25) is 0 Å². The van der Waals surface area contributed by atoms with Crippen LogP contribution in [-0.4, -0.2) is 121 Å². The number of carboxylic acid groups (broad SMARTS) is 1. The molecule has 0 amide bonds. The molecule has 1 aromatic rings. The molecule has 0 saturated carbocycles. The molecule has 0 heterocycles. The second-order valence-electron chi connectivity index (χ2n) is 7.62. The standard InChI is InChI=1S/C26H38O13/c27-23(25(29)30)6-7-24(28)38-20-18-36-16-14-34-12-10-32-8-9-33-11-13-35-15-17-37-19-21-39-26(31)22-4-2-1-3-5-22/h1-5H,6-21H2,(H,29,30). The zero-order valence-electron chi connectivity index (χ0n) is 22.0. The number of esters is 2. The van der Waals surface area contributed by atoms with Gasteiger partial charge in [-0.25, -0.2) is 9.59 Å². The zero-order valence-corrected chi connectivity index (χ0v) is 22.0. The lowest BCUT2D eigenvalue weighted by molar-refractivity contribution is -0.151. The highest BCUT2D eigenvalue weighted by molar-refractivity contribution is 6.32. The third-order valence-corrected chi connectivity index (χ3v) is 4.62. The quantitative estimate of drug-likeness (QED) is 0.0971. The van der Waals surface area contributed by atoms with Gasteiger partial charge < -0.3 is 43.0 Å². The maximum atomic E-state index is 11.7. The smallest absolute Gasteiger partial charge is 0.372 e. The van der Waals surface area contributed by atoms with Crippen LogP contribution < -0.4 is 0 Å². The van der Waals surface area contributed by atoms with Gasteiger partial charge >= 0.3 is 17.9 Å². The Morgan fingerprint density at radius 3 is 1.31 bits per heavy atom. The van der Waals surface area contributed by atoms with Crippen molar-refractivity contribution in [2.75, 3.05) is 92.5 Å². The number of benzene rings is 1. The van der Waals surface area contributed by atoms with Crippen molar-refractivity contribution in [2.45, 2.75) is 12.8 Å². The number of carbonyl (C=O) groups is 4. The predicted octanol–water partition coefficient (Wildman–Crippen LogP) is 0.920. The van der Waals surface area contributed by atoms with E-state index in [4.69, 9.17) is 43.0 Å². The van der Waals surface area contributed by atoms with Gasteiger partial charge in [0.1, 0.15) is 13.2 Å². The molecule has 13 nitrogen and oxygen atoms in total. The number of carbonyl (C=O) groups excluding carboxylic acids is 3. The van der Waals surface area contributed by atoms with Crippen LogP contribution in [0.15, 0.2) is 30.3 Å². The lowest BCUT2D eigenvalue weighted by atomic mass is 10.2.